The van der Waals surface area contributed by atoms with Crippen LogP contribution in [0.2, 0.25) is 0 Å². The number of pyridine rings is 1. The van der Waals surface area contributed by atoms with Crippen molar-refractivity contribution in [1.82, 2.24) is 10.3 Å². The maximum atomic E-state index is 12.6. The number of rotatable bonds is 8. The first-order valence-corrected chi connectivity index (χ1v) is 9.86. The number of benzene rings is 1. The Balaban J connectivity index is 1.52. The minimum absolute atomic E-state index is 0.0158. The van der Waals surface area contributed by atoms with Crippen molar-refractivity contribution in [3.8, 4) is 11.5 Å². The van der Waals surface area contributed by atoms with Crippen molar-refractivity contribution >= 4 is 17.4 Å². The van der Waals surface area contributed by atoms with E-state index in [0.717, 1.165) is 24.9 Å². The summed E-state index contributed by atoms with van der Waals surface area (Å²) in [4.78, 5) is 29.1. The van der Waals surface area contributed by atoms with E-state index in [0.29, 0.717) is 36.8 Å². The molecule has 9 nitrogen and oxygen atoms in total. The molecule has 0 spiro atoms. The summed E-state index contributed by atoms with van der Waals surface area (Å²) in [6.45, 7) is 1.85. The fourth-order valence-corrected chi connectivity index (χ4v) is 3.58. The van der Waals surface area contributed by atoms with Gasteiger partial charge in [0.25, 0.3) is 5.69 Å². The third-order valence-corrected chi connectivity index (χ3v) is 5.22. The van der Waals surface area contributed by atoms with E-state index in [4.69, 9.17) is 9.47 Å². The fraction of sp³-hybridized carbons (Fsp3) is 0.429. The molecule has 0 radical (unpaired) electrons. The topological polar surface area (TPSA) is 107 Å². The van der Waals surface area contributed by atoms with E-state index in [2.05, 4.69) is 10.3 Å². The first-order valence-electron chi connectivity index (χ1n) is 9.86. The van der Waals surface area contributed by atoms with Crippen molar-refractivity contribution in [2.45, 2.75) is 19.3 Å². The highest BCUT2D eigenvalue weighted by Crippen LogP contribution is 2.27. The van der Waals surface area contributed by atoms with Crippen LogP contribution >= 0.6 is 0 Å². The standard InChI is InChI=1S/C21H26N4O5/c1-29-18-7-5-15(12-19(18)30-2)9-10-22-21(26)16-4-3-11-24(14-16)20-8-6-17(13-23-20)25(27)28/h5-8,12-13,16H,3-4,9-11,14H2,1-2H3,(H,22,26). The number of aromatic nitrogens is 1. The molecule has 3 rings (SSSR count). The van der Waals surface area contributed by atoms with Crippen LogP contribution in [0.25, 0.3) is 0 Å². The second-order valence-corrected chi connectivity index (χ2v) is 7.15. The molecular weight excluding hydrogens is 388 g/mol. The van der Waals surface area contributed by atoms with Crippen molar-refractivity contribution in [2.75, 3.05) is 38.8 Å². The lowest BCUT2D eigenvalue weighted by molar-refractivity contribution is -0.385. The molecule has 30 heavy (non-hydrogen) atoms. The number of nitro groups is 1. The lowest BCUT2D eigenvalue weighted by Crippen LogP contribution is -2.43. The summed E-state index contributed by atoms with van der Waals surface area (Å²) in [5.41, 5.74) is 1.01. The number of nitrogens with one attached hydrogen (secondary N) is 1. The number of methoxy groups -OCH3 is 2. The quantitative estimate of drug-likeness (QED) is 0.523. The van der Waals surface area contributed by atoms with E-state index in [-0.39, 0.29) is 17.5 Å². The number of hydrogen-bond donors (Lipinski definition) is 1. The average Bonchev–Trinajstić information content (AvgIpc) is 2.79. The second kappa shape index (κ2) is 9.91. The molecule has 1 atom stereocenters. The van der Waals surface area contributed by atoms with Gasteiger partial charge < -0.3 is 19.7 Å². The van der Waals surface area contributed by atoms with Crippen LogP contribution < -0.4 is 19.7 Å². The summed E-state index contributed by atoms with van der Waals surface area (Å²) >= 11 is 0. The van der Waals surface area contributed by atoms with E-state index in [1.807, 2.05) is 23.1 Å². The van der Waals surface area contributed by atoms with Gasteiger partial charge in [0.2, 0.25) is 5.91 Å². The number of anilines is 1. The minimum atomic E-state index is -0.471. The lowest BCUT2D eigenvalue weighted by atomic mass is 9.97. The number of hydrogen-bond acceptors (Lipinski definition) is 7. The Morgan fingerprint density at radius 2 is 2.07 bits per heavy atom. The zero-order chi connectivity index (χ0) is 21.5. The van der Waals surface area contributed by atoms with Crippen molar-refractivity contribution in [3.05, 3.63) is 52.2 Å². The summed E-state index contributed by atoms with van der Waals surface area (Å²) in [6.07, 6.45) is 3.62. The van der Waals surface area contributed by atoms with Crippen LogP contribution in [0.1, 0.15) is 18.4 Å². The van der Waals surface area contributed by atoms with E-state index in [1.54, 1.807) is 20.3 Å². The first kappa shape index (κ1) is 21.4. The number of ether oxygens (including phenoxy) is 2. The Morgan fingerprint density at radius 1 is 1.27 bits per heavy atom. The van der Waals surface area contributed by atoms with Crippen LogP contribution in [-0.4, -0.2) is 49.7 Å². The van der Waals surface area contributed by atoms with Crippen molar-refractivity contribution in [1.29, 1.82) is 0 Å². The molecule has 9 heteroatoms. The van der Waals surface area contributed by atoms with Gasteiger partial charge in [-0.2, -0.15) is 0 Å². The predicted octanol–water partition coefficient (Wildman–Crippen LogP) is 2.58. The summed E-state index contributed by atoms with van der Waals surface area (Å²) in [6, 6.07) is 8.79. The summed E-state index contributed by atoms with van der Waals surface area (Å²) in [5, 5.41) is 13.8. The molecule has 1 unspecified atom stereocenters. The molecule has 1 fully saturated rings. The molecule has 2 aromatic rings. The number of nitrogens with zero attached hydrogens (tertiary/aromatic N) is 3. The lowest BCUT2D eigenvalue weighted by Gasteiger charge is -2.32. The van der Waals surface area contributed by atoms with Gasteiger partial charge in [0.1, 0.15) is 12.0 Å². The molecule has 1 N–H and O–H groups in total. The SMILES string of the molecule is COc1ccc(CCNC(=O)C2CCCN(c3ccc([N+](=O)[O-])cn3)C2)cc1OC. The molecule has 0 aliphatic carbocycles. The number of carbonyl (C=O) groups excluding carboxylic acids is 1. The smallest absolute Gasteiger partial charge is 0.287 e. The third kappa shape index (κ3) is 5.16. The molecule has 2 heterocycles. The van der Waals surface area contributed by atoms with Crippen LogP contribution in [0.15, 0.2) is 36.5 Å². The fourth-order valence-electron chi connectivity index (χ4n) is 3.58. The Hall–Kier alpha value is -3.36. The minimum Gasteiger partial charge on any atom is -0.493 e. The van der Waals surface area contributed by atoms with E-state index in [9.17, 15) is 14.9 Å². The Morgan fingerprint density at radius 3 is 2.73 bits per heavy atom. The van der Waals surface area contributed by atoms with Gasteiger partial charge in [-0.3, -0.25) is 14.9 Å². The third-order valence-electron chi connectivity index (χ3n) is 5.22. The second-order valence-electron chi connectivity index (χ2n) is 7.15. The summed E-state index contributed by atoms with van der Waals surface area (Å²) < 4.78 is 10.6. The van der Waals surface area contributed by atoms with Crippen LogP contribution in [0, 0.1) is 16.0 Å². The molecule has 1 amide bonds. The molecular formula is C21H26N4O5. The average molecular weight is 414 g/mol. The van der Waals surface area contributed by atoms with Crippen LogP contribution in [0.3, 0.4) is 0 Å². The Labute approximate surface area is 175 Å². The Bertz CT molecular complexity index is 887. The van der Waals surface area contributed by atoms with Crippen LogP contribution in [0.5, 0.6) is 11.5 Å². The molecule has 160 valence electrons. The monoisotopic (exact) mass is 414 g/mol. The Kier molecular flexibility index (Phi) is 7.05. The van der Waals surface area contributed by atoms with Gasteiger partial charge in [-0.05, 0) is 43.0 Å². The zero-order valence-electron chi connectivity index (χ0n) is 17.2. The highest BCUT2D eigenvalue weighted by Gasteiger charge is 2.26. The maximum Gasteiger partial charge on any atom is 0.287 e. The molecule has 1 aromatic heterocycles. The molecule has 1 aliphatic heterocycles. The number of piperidine rings is 1. The zero-order valence-corrected chi connectivity index (χ0v) is 17.2. The van der Waals surface area contributed by atoms with Gasteiger partial charge >= 0.3 is 0 Å². The van der Waals surface area contributed by atoms with E-state index in [1.165, 1.54) is 12.3 Å². The number of carbonyl (C=O) groups is 1. The normalized spacial score (nSPS) is 16.1. The van der Waals surface area contributed by atoms with Crippen molar-refractivity contribution in [3.63, 3.8) is 0 Å². The molecule has 0 saturated carbocycles. The summed E-state index contributed by atoms with van der Waals surface area (Å²) in [5.74, 6) is 1.87. The van der Waals surface area contributed by atoms with Gasteiger partial charge in [-0.25, -0.2) is 4.98 Å². The van der Waals surface area contributed by atoms with Crippen molar-refractivity contribution in [2.24, 2.45) is 5.92 Å². The first-order chi connectivity index (χ1) is 14.5. The molecule has 1 saturated heterocycles. The largest absolute Gasteiger partial charge is 0.493 e. The molecule has 0 bridgehead atoms. The van der Waals surface area contributed by atoms with Crippen molar-refractivity contribution < 1.29 is 19.2 Å². The molecule has 1 aromatic carbocycles. The van der Waals surface area contributed by atoms with E-state index < -0.39 is 4.92 Å². The molecule has 1 aliphatic rings. The highest BCUT2D eigenvalue weighted by molar-refractivity contribution is 5.79. The van der Waals surface area contributed by atoms with Crippen LogP contribution in [0.4, 0.5) is 11.5 Å². The van der Waals surface area contributed by atoms with E-state index >= 15 is 0 Å². The summed E-state index contributed by atoms with van der Waals surface area (Å²) in [7, 11) is 3.19. The highest BCUT2D eigenvalue weighted by atomic mass is 16.6. The predicted molar refractivity (Wildman–Crippen MR) is 112 cm³/mol. The van der Waals surface area contributed by atoms with Gasteiger partial charge in [0, 0.05) is 25.7 Å². The maximum absolute atomic E-state index is 12.6. The van der Waals surface area contributed by atoms with Gasteiger partial charge in [-0.15, -0.1) is 0 Å². The number of amides is 1. The van der Waals surface area contributed by atoms with Gasteiger partial charge in [-0.1, -0.05) is 6.07 Å². The van der Waals surface area contributed by atoms with Gasteiger partial charge in [0.15, 0.2) is 11.5 Å². The van der Waals surface area contributed by atoms with Crippen LogP contribution in [-0.2, 0) is 11.2 Å². The van der Waals surface area contributed by atoms with Gasteiger partial charge in [0.05, 0.1) is 25.1 Å².